The Labute approximate surface area is 319 Å². The molecule has 4 heteroatoms. The topological polar surface area (TPSA) is 51.8 Å². The van der Waals surface area contributed by atoms with Gasteiger partial charge in [0.15, 0.2) is 0 Å². The molecule has 4 nitrogen and oxygen atoms in total. The maximum atomic E-state index is 6.61. The van der Waals surface area contributed by atoms with Crippen molar-refractivity contribution in [1.29, 1.82) is 0 Å². The van der Waals surface area contributed by atoms with Gasteiger partial charge < -0.3 is 4.42 Å². The van der Waals surface area contributed by atoms with Gasteiger partial charge in [0, 0.05) is 21.9 Å². The van der Waals surface area contributed by atoms with E-state index in [9.17, 15) is 0 Å². The first kappa shape index (κ1) is 32.2. The number of para-hydroxylation sites is 1. The molecule has 0 saturated carbocycles. The molecule has 8 aromatic carbocycles. The minimum absolute atomic E-state index is 0.736. The molecule has 0 bridgehead atoms. The Bertz CT molecular complexity index is 2960. The highest BCUT2D eigenvalue weighted by atomic mass is 16.3. The normalized spacial score (nSPS) is 11.3. The van der Waals surface area contributed by atoms with E-state index in [1.165, 1.54) is 11.1 Å². The maximum absolute atomic E-state index is 6.61. The predicted molar refractivity (Wildman–Crippen MR) is 225 cm³/mol. The van der Waals surface area contributed by atoms with E-state index in [0.717, 1.165) is 88.8 Å². The number of aromatic nitrogens is 3. The highest BCUT2D eigenvalue weighted by Gasteiger charge is 2.26. The van der Waals surface area contributed by atoms with Crippen LogP contribution in [0.4, 0.5) is 0 Å². The zero-order valence-electron chi connectivity index (χ0n) is 29.8. The number of fused-ring (bicyclic) bond motifs is 3. The van der Waals surface area contributed by atoms with E-state index in [-0.39, 0.29) is 0 Å². The summed E-state index contributed by atoms with van der Waals surface area (Å²) in [5.41, 5.74) is 16.7. The Kier molecular flexibility index (Phi) is 8.12. The summed E-state index contributed by atoms with van der Waals surface area (Å²) in [6.45, 7) is 0. The zero-order chi connectivity index (χ0) is 36.6. The Balaban J connectivity index is 1.36. The molecule has 0 atom stereocenters. The van der Waals surface area contributed by atoms with E-state index in [4.69, 9.17) is 9.52 Å². The molecule has 258 valence electrons. The van der Waals surface area contributed by atoms with Gasteiger partial charge in [0.05, 0.1) is 11.9 Å². The third-order valence-corrected chi connectivity index (χ3v) is 10.4. The molecule has 0 amide bonds. The van der Waals surface area contributed by atoms with E-state index in [0.29, 0.717) is 0 Å². The molecular weight excluding hydrogens is 671 g/mol. The number of rotatable bonds is 7. The third kappa shape index (κ3) is 5.68. The lowest BCUT2D eigenvalue weighted by molar-refractivity contribution is 0.669. The first-order chi connectivity index (χ1) is 27.3. The molecule has 0 fully saturated rings. The summed E-state index contributed by atoms with van der Waals surface area (Å²) in [6.07, 6.45) is 1.72. The van der Waals surface area contributed by atoms with Crippen LogP contribution in [0.5, 0.6) is 0 Å². The smallest absolute Gasteiger partial charge is 0.136 e. The van der Waals surface area contributed by atoms with Crippen molar-refractivity contribution < 1.29 is 4.42 Å². The highest BCUT2D eigenvalue weighted by molar-refractivity contribution is 6.19. The van der Waals surface area contributed by atoms with Gasteiger partial charge in [-0.3, -0.25) is 0 Å². The quantitative estimate of drug-likeness (QED) is 0.166. The minimum Gasteiger partial charge on any atom is -0.456 e. The number of benzene rings is 8. The van der Waals surface area contributed by atoms with E-state index < -0.39 is 0 Å². The van der Waals surface area contributed by atoms with Crippen molar-refractivity contribution in [2.24, 2.45) is 0 Å². The van der Waals surface area contributed by atoms with Gasteiger partial charge >= 0.3 is 0 Å². The minimum atomic E-state index is 0.736. The van der Waals surface area contributed by atoms with Crippen molar-refractivity contribution in [2.45, 2.75) is 0 Å². The molecule has 0 unspecified atom stereocenters. The lowest BCUT2D eigenvalue weighted by atomic mass is 9.80. The summed E-state index contributed by atoms with van der Waals surface area (Å²) in [4.78, 5) is 0. The van der Waals surface area contributed by atoms with Gasteiger partial charge in [0.1, 0.15) is 11.2 Å². The maximum Gasteiger partial charge on any atom is 0.136 e. The summed E-state index contributed by atoms with van der Waals surface area (Å²) in [5, 5.41) is 15.1. The molecule has 2 heterocycles. The van der Waals surface area contributed by atoms with Crippen LogP contribution in [0.15, 0.2) is 205 Å². The Morgan fingerprint density at radius 2 is 0.855 bits per heavy atom. The SMILES string of the molecule is c1ccc(-c2ccccc2-c2ccccc2-c2ccc3oc4ccccc4c3c2-c2ccc(-c3ccccc3)c(-c3ccccc3)c2-c2ccnnn2)cc1. The summed E-state index contributed by atoms with van der Waals surface area (Å²) in [7, 11) is 0. The van der Waals surface area contributed by atoms with Crippen LogP contribution in [0.3, 0.4) is 0 Å². The van der Waals surface area contributed by atoms with Gasteiger partial charge in [-0.2, -0.15) is 0 Å². The van der Waals surface area contributed by atoms with Crippen molar-refractivity contribution in [2.75, 3.05) is 0 Å². The summed E-state index contributed by atoms with van der Waals surface area (Å²) in [6, 6.07) is 68.3. The van der Waals surface area contributed by atoms with Crippen LogP contribution < -0.4 is 0 Å². The van der Waals surface area contributed by atoms with E-state index >= 15 is 0 Å². The van der Waals surface area contributed by atoms with Gasteiger partial charge in [-0.1, -0.05) is 170 Å². The van der Waals surface area contributed by atoms with Crippen LogP contribution >= 0.6 is 0 Å². The lowest BCUT2D eigenvalue weighted by Crippen LogP contribution is -1.99. The Hall–Kier alpha value is -7.43. The van der Waals surface area contributed by atoms with Crippen LogP contribution in [0.2, 0.25) is 0 Å². The van der Waals surface area contributed by atoms with Gasteiger partial charge in [-0.25, -0.2) is 0 Å². The summed E-state index contributed by atoms with van der Waals surface area (Å²) in [5.74, 6) is 0. The number of nitrogens with zero attached hydrogens (tertiary/aromatic N) is 3. The molecule has 10 rings (SSSR count). The molecule has 55 heavy (non-hydrogen) atoms. The highest BCUT2D eigenvalue weighted by Crippen LogP contribution is 2.51. The molecule has 0 N–H and O–H groups in total. The zero-order valence-corrected chi connectivity index (χ0v) is 29.8. The van der Waals surface area contributed by atoms with Crippen LogP contribution in [-0.4, -0.2) is 15.4 Å². The summed E-state index contributed by atoms with van der Waals surface area (Å²) >= 11 is 0. The molecular formula is C51H33N3O. The molecule has 10 aromatic rings. The number of hydrogen-bond donors (Lipinski definition) is 0. The molecule has 0 aliphatic rings. The van der Waals surface area contributed by atoms with Gasteiger partial charge in [0.2, 0.25) is 0 Å². The monoisotopic (exact) mass is 703 g/mol. The molecule has 0 aliphatic carbocycles. The van der Waals surface area contributed by atoms with Crippen molar-refractivity contribution in [3.8, 4) is 78.0 Å². The van der Waals surface area contributed by atoms with E-state index in [1.54, 1.807) is 6.20 Å². The standard InChI is InChI=1S/C51H33N3O/c1-4-16-34(17-5-1)37-22-10-11-23-39(37)40-24-12-13-25-41(40)42-30-31-47-51(43-26-14-15-27-46(43)55-47)49(42)44-29-28-38(35-18-6-2-7-19-35)48(36-20-8-3-9-21-36)50(44)45-32-33-52-54-53-45/h1-33H. The fourth-order valence-corrected chi connectivity index (χ4v) is 8.08. The second kappa shape index (κ2) is 13.8. The molecule has 0 radical (unpaired) electrons. The van der Waals surface area contributed by atoms with Crippen molar-refractivity contribution >= 4 is 21.9 Å². The fourth-order valence-electron chi connectivity index (χ4n) is 8.08. The van der Waals surface area contributed by atoms with Gasteiger partial charge in [-0.05, 0) is 90.7 Å². The largest absolute Gasteiger partial charge is 0.456 e. The Morgan fingerprint density at radius 3 is 1.53 bits per heavy atom. The van der Waals surface area contributed by atoms with Crippen LogP contribution in [0, 0.1) is 0 Å². The number of furan rings is 1. The van der Waals surface area contributed by atoms with Crippen molar-refractivity contribution in [3.63, 3.8) is 0 Å². The molecule has 0 saturated heterocycles. The first-order valence-electron chi connectivity index (χ1n) is 18.4. The first-order valence-corrected chi connectivity index (χ1v) is 18.4. The molecule has 0 spiro atoms. The second-order valence-corrected chi connectivity index (χ2v) is 13.6. The van der Waals surface area contributed by atoms with Gasteiger partial charge in [-0.15, -0.1) is 10.2 Å². The second-order valence-electron chi connectivity index (χ2n) is 13.6. The lowest BCUT2D eigenvalue weighted by Gasteiger charge is -2.23. The molecule has 0 aliphatic heterocycles. The average molecular weight is 704 g/mol. The molecule has 2 aromatic heterocycles. The van der Waals surface area contributed by atoms with Crippen LogP contribution in [0.1, 0.15) is 0 Å². The predicted octanol–water partition coefficient (Wildman–Crippen LogP) is 13.4. The van der Waals surface area contributed by atoms with Gasteiger partial charge in [0.25, 0.3) is 0 Å². The summed E-state index contributed by atoms with van der Waals surface area (Å²) < 4.78 is 6.61. The third-order valence-electron chi connectivity index (χ3n) is 10.4. The fraction of sp³-hybridized carbons (Fsp3) is 0. The van der Waals surface area contributed by atoms with Crippen LogP contribution in [-0.2, 0) is 0 Å². The van der Waals surface area contributed by atoms with E-state index in [1.807, 2.05) is 18.2 Å². The van der Waals surface area contributed by atoms with E-state index in [2.05, 4.69) is 186 Å². The van der Waals surface area contributed by atoms with Crippen LogP contribution in [0.25, 0.3) is 100.0 Å². The van der Waals surface area contributed by atoms with Crippen molar-refractivity contribution in [1.82, 2.24) is 15.4 Å². The Morgan fingerprint density at radius 1 is 0.327 bits per heavy atom. The average Bonchev–Trinajstić information content (AvgIpc) is 3.66. The number of hydrogen-bond acceptors (Lipinski definition) is 4. The van der Waals surface area contributed by atoms with Crippen molar-refractivity contribution in [3.05, 3.63) is 200 Å².